The van der Waals surface area contributed by atoms with E-state index in [4.69, 9.17) is 0 Å². The van der Waals surface area contributed by atoms with Gasteiger partial charge >= 0.3 is 0 Å². The van der Waals surface area contributed by atoms with Crippen LogP contribution in [0.4, 0.5) is 0 Å². The van der Waals surface area contributed by atoms with Gasteiger partial charge in [0, 0.05) is 55.5 Å². The lowest BCUT2D eigenvalue weighted by molar-refractivity contribution is -0.130. The molecule has 3 aliphatic rings. The lowest BCUT2D eigenvalue weighted by Gasteiger charge is -2.33. The molecule has 1 aromatic carbocycles. The zero-order valence-electron chi connectivity index (χ0n) is 18.1. The lowest BCUT2D eigenvalue weighted by atomic mass is 9.90. The van der Waals surface area contributed by atoms with Crippen LogP contribution in [0.25, 0.3) is 11.3 Å². The maximum Gasteiger partial charge on any atom is 0.254 e. The van der Waals surface area contributed by atoms with Crippen LogP contribution in [0.15, 0.2) is 18.2 Å². The predicted octanol–water partition coefficient (Wildman–Crippen LogP) is 3.42. The van der Waals surface area contributed by atoms with Crippen LogP contribution in [0.2, 0.25) is 0 Å². The van der Waals surface area contributed by atoms with Gasteiger partial charge < -0.3 is 9.80 Å². The fourth-order valence-corrected chi connectivity index (χ4v) is 5.41. The minimum absolute atomic E-state index is 0.138. The van der Waals surface area contributed by atoms with Gasteiger partial charge in [-0.1, -0.05) is 19.9 Å². The first-order valence-corrected chi connectivity index (χ1v) is 11.0. The first-order valence-electron chi connectivity index (χ1n) is 11.0. The molecule has 0 saturated carbocycles. The van der Waals surface area contributed by atoms with Crippen LogP contribution in [-0.4, -0.2) is 51.4 Å². The van der Waals surface area contributed by atoms with E-state index >= 15 is 0 Å². The molecule has 1 aliphatic carbocycles. The van der Waals surface area contributed by atoms with Gasteiger partial charge in [-0.15, -0.1) is 0 Å². The van der Waals surface area contributed by atoms with E-state index in [1.807, 2.05) is 21.9 Å². The second kappa shape index (κ2) is 6.96. The number of aromatic nitrogens is 2. The predicted molar refractivity (Wildman–Crippen MR) is 115 cm³/mol. The van der Waals surface area contributed by atoms with Gasteiger partial charge in [0.1, 0.15) is 0 Å². The highest BCUT2D eigenvalue weighted by Crippen LogP contribution is 2.40. The van der Waals surface area contributed by atoms with Crippen molar-refractivity contribution >= 4 is 11.8 Å². The van der Waals surface area contributed by atoms with Crippen LogP contribution in [0.5, 0.6) is 0 Å². The van der Waals surface area contributed by atoms with Crippen molar-refractivity contribution in [2.45, 2.75) is 53.0 Å². The molecule has 0 bridgehead atoms. The van der Waals surface area contributed by atoms with Crippen LogP contribution < -0.4 is 0 Å². The van der Waals surface area contributed by atoms with E-state index in [0.717, 1.165) is 67.7 Å². The molecule has 3 heterocycles. The third-order valence-corrected chi connectivity index (χ3v) is 7.06. The normalized spacial score (nSPS) is 20.6. The zero-order chi connectivity index (χ0) is 21.0. The highest BCUT2D eigenvalue weighted by Gasteiger charge is 2.34. The number of piperidine rings is 1. The molecule has 158 valence electrons. The number of carbonyl (C=O) groups excluding carboxylic acids is 2. The molecule has 0 spiro atoms. The van der Waals surface area contributed by atoms with Crippen LogP contribution in [-0.2, 0) is 24.2 Å². The molecule has 1 saturated heterocycles. The van der Waals surface area contributed by atoms with Crippen LogP contribution >= 0.6 is 0 Å². The maximum atomic E-state index is 13.0. The van der Waals surface area contributed by atoms with Gasteiger partial charge in [-0.25, -0.2) is 0 Å². The number of amides is 2. The topological polar surface area (TPSA) is 69.3 Å². The number of hydrogen-bond donors (Lipinski definition) is 1. The largest absolute Gasteiger partial charge is 0.343 e. The first kappa shape index (κ1) is 19.3. The van der Waals surface area contributed by atoms with E-state index in [9.17, 15) is 9.59 Å². The molecule has 0 radical (unpaired) electrons. The number of benzene rings is 1. The number of nitrogens with zero attached hydrogens (tertiary/aromatic N) is 3. The summed E-state index contributed by atoms with van der Waals surface area (Å²) < 4.78 is 0. The number of fused-ring (bicyclic) bond motifs is 2. The van der Waals surface area contributed by atoms with E-state index < -0.39 is 0 Å². The summed E-state index contributed by atoms with van der Waals surface area (Å²) in [5, 5.41) is 7.83. The van der Waals surface area contributed by atoms with Gasteiger partial charge in [-0.05, 0) is 54.7 Å². The number of rotatable bonds is 3. The Labute approximate surface area is 177 Å². The summed E-state index contributed by atoms with van der Waals surface area (Å²) in [6.45, 7) is 9.29. The summed E-state index contributed by atoms with van der Waals surface area (Å²) in [7, 11) is 0. The van der Waals surface area contributed by atoms with Crippen LogP contribution in [0.1, 0.15) is 60.8 Å². The Hall–Kier alpha value is -2.63. The number of nitrogens with one attached hydrogen (secondary N) is 1. The minimum atomic E-state index is 0.138. The second-order valence-electron chi connectivity index (χ2n) is 10.1. The Morgan fingerprint density at radius 3 is 2.73 bits per heavy atom. The SMILES string of the molecule is CC(=O)N1CCC(CN2Cc3cc(-c4n[nH]c5c4CC(C)(C)C5)ccc3C2=O)CC1. The molecule has 2 aliphatic heterocycles. The quantitative estimate of drug-likeness (QED) is 0.849. The van der Waals surface area contributed by atoms with Crippen molar-refractivity contribution < 1.29 is 9.59 Å². The van der Waals surface area contributed by atoms with E-state index in [2.05, 4.69) is 30.1 Å². The van der Waals surface area contributed by atoms with E-state index in [-0.39, 0.29) is 17.2 Å². The Balaban J connectivity index is 1.30. The van der Waals surface area contributed by atoms with E-state index in [0.29, 0.717) is 12.5 Å². The number of carbonyl (C=O) groups is 2. The molecule has 2 amide bonds. The van der Waals surface area contributed by atoms with Crippen molar-refractivity contribution in [3.63, 3.8) is 0 Å². The highest BCUT2D eigenvalue weighted by atomic mass is 16.2. The van der Waals surface area contributed by atoms with Gasteiger partial charge in [0.05, 0.1) is 5.69 Å². The average Bonchev–Trinajstić information content (AvgIpc) is 3.32. The van der Waals surface area contributed by atoms with E-state index in [1.54, 1.807) is 6.92 Å². The smallest absolute Gasteiger partial charge is 0.254 e. The number of aromatic amines is 1. The molecule has 1 aromatic heterocycles. The Morgan fingerprint density at radius 2 is 2.00 bits per heavy atom. The minimum Gasteiger partial charge on any atom is -0.343 e. The molecule has 0 unspecified atom stereocenters. The first-order chi connectivity index (χ1) is 14.3. The molecular weight excluding hydrogens is 376 g/mol. The van der Waals surface area contributed by atoms with Gasteiger partial charge in [-0.2, -0.15) is 5.10 Å². The van der Waals surface area contributed by atoms with Crippen LogP contribution in [0, 0.1) is 11.3 Å². The monoisotopic (exact) mass is 406 g/mol. The standard InChI is InChI=1S/C24H30N4O2/c1-15(29)27-8-6-16(7-9-27)13-28-14-18-10-17(4-5-19(18)23(28)30)22-20-11-24(2,3)12-21(20)25-26-22/h4-5,10,16H,6-9,11-14H2,1-3H3,(H,25,26). The fraction of sp³-hybridized carbons (Fsp3) is 0.542. The Morgan fingerprint density at radius 1 is 1.23 bits per heavy atom. The van der Waals surface area contributed by atoms with Crippen LogP contribution in [0.3, 0.4) is 0 Å². The summed E-state index contributed by atoms with van der Waals surface area (Å²) in [6, 6.07) is 6.19. The summed E-state index contributed by atoms with van der Waals surface area (Å²) in [5.41, 5.74) is 6.94. The zero-order valence-corrected chi connectivity index (χ0v) is 18.1. The number of hydrogen-bond acceptors (Lipinski definition) is 3. The lowest BCUT2D eigenvalue weighted by Crippen LogP contribution is -2.40. The van der Waals surface area contributed by atoms with Gasteiger partial charge in [0.15, 0.2) is 0 Å². The maximum absolute atomic E-state index is 13.0. The molecular formula is C24H30N4O2. The number of H-pyrrole nitrogens is 1. The van der Waals surface area contributed by atoms with Gasteiger partial charge in [-0.3, -0.25) is 14.7 Å². The fourth-order valence-electron chi connectivity index (χ4n) is 5.41. The summed E-state index contributed by atoms with van der Waals surface area (Å²) in [6.07, 6.45) is 4.02. The molecule has 6 heteroatoms. The van der Waals surface area contributed by atoms with Gasteiger partial charge in [0.25, 0.3) is 5.91 Å². The Kier molecular flexibility index (Phi) is 4.49. The van der Waals surface area contributed by atoms with Crippen molar-refractivity contribution in [3.05, 3.63) is 40.6 Å². The van der Waals surface area contributed by atoms with Gasteiger partial charge in [0.2, 0.25) is 5.91 Å². The molecule has 5 rings (SSSR count). The highest BCUT2D eigenvalue weighted by molar-refractivity contribution is 5.99. The second-order valence-corrected chi connectivity index (χ2v) is 10.1. The molecule has 1 N–H and O–H groups in total. The summed E-state index contributed by atoms with van der Waals surface area (Å²) in [5.74, 6) is 0.757. The Bertz CT molecular complexity index is 1010. The average molecular weight is 407 g/mol. The molecule has 1 fully saturated rings. The van der Waals surface area contributed by atoms with Crippen molar-refractivity contribution in [2.75, 3.05) is 19.6 Å². The van der Waals surface area contributed by atoms with Crippen molar-refractivity contribution in [2.24, 2.45) is 11.3 Å². The van der Waals surface area contributed by atoms with Crippen molar-refractivity contribution in [1.82, 2.24) is 20.0 Å². The molecule has 6 nitrogen and oxygen atoms in total. The third kappa shape index (κ3) is 3.32. The van der Waals surface area contributed by atoms with Crippen molar-refractivity contribution in [1.29, 1.82) is 0 Å². The molecule has 0 atom stereocenters. The molecule has 30 heavy (non-hydrogen) atoms. The summed E-state index contributed by atoms with van der Waals surface area (Å²) in [4.78, 5) is 28.4. The summed E-state index contributed by atoms with van der Waals surface area (Å²) >= 11 is 0. The third-order valence-electron chi connectivity index (χ3n) is 7.06. The molecule has 2 aromatic rings. The van der Waals surface area contributed by atoms with Crippen molar-refractivity contribution in [3.8, 4) is 11.3 Å². The number of likely N-dealkylation sites (tertiary alicyclic amines) is 1. The van der Waals surface area contributed by atoms with E-state index in [1.165, 1.54) is 11.3 Å².